The van der Waals surface area contributed by atoms with Gasteiger partial charge in [0.05, 0.1) is 13.2 Å². The molecule has 1 aliphatic heterocycles. The van der Waals surface area contributed by atoms with Crippen LogP contribution in [0.25, 0.3) is 0 Å². The number of carbonyl (C=O) groups excluding carboxylic acids is 1. The van der Waals surface area contributed by atoms with Crippen molar-refractivity contribution < 1.29 is 9.53 Å². The molecule has 0 bridgehead atoms. The van der Waals surface area contributed by atoms with Crippen molar-refractivity contribution in [3.63, 3.8) is 0 Å². The molecule has 0 aromatic heterocycles. The summed E-state index contributed by atoms with van der Waals surface area (Å²) in [6.07, 6.45) is 3.62. The maximum Gasteiger partial charge on any atom is 0.243 e. The van der Waals surface area contributed by atoms with Crippen LogP contribution in [0.2, 0.25) is 0 Å². The molecule has 0 spiro atoms. The van der Waals surface area contributed by atoms with E-state index in [4.69, 9.17) is 10.5 Å². The molecule has 1 amide bonds. The van der Waals surface area contributed by atoms with E-state index in [9.17, 15) is 4.79 Å². The Morgan fingerprint density at radius 2 is 2.30 bits per heavy atom. The third kappa shape index (κ3) is 3.59. The summed E-state index contributed by atoms with van der Waals surface area (Å²) in [5, 5.41) is 0. The Morgan fingerprint density at radius 1 is 1.55 bits per heavy atom. The average Bonchev–Trinajstić information content (AvgIpc) is 2.86. The number of thioether (sulfide) groups is 1. The van der Waals surface area contributed by atoms with Crippen molar-refractivity contribution >= 4 is 35.8 Å². The molecule has 20 heavy (non-hydrogen) atoms. The number of hydrogen-bond acceptors (Lipinski definition) is 4. The number of rotatable bonds is 5. The molecule has 1 aromatic carbocycles. The molecular weight excluding hydrogens is 296 g/mol. The first-order chi connectivity index (χ1) is 9.17. The highest BCUT2D eigenvalue weighted by molar-refractivity contribution is 7.98. The van der Waals surface area contributed by atoms with Gasteiger partial charge in [0.1, 0.15) is 5.75 Å². The molecule has 1 atom stereocenters. The van der Waals surface area contributed by atoms with Gasteiger partial charge in [-0.15, -0.1) is 12.4 Å². The molecular formula is C14H21ClN2O2S. The topological polar surface area (TPSA) is 55.6 Å². The van der Waals surface area contributed by atoms with Crippen LogP contribution < -0.4 is 15.4 Å². The quantitative estimate of drug-likeness (QED) is 0.903. The van der Waals surface area contributed by atoms with E-state index in [1.54, 1.807) is 23.8 Å². The van der Waals surface area contributed by atoms with Crippen LogP contribution in [0, 0.1) is 0 Å². The molecule has 1 aromatic rings. The van der Waals surface area contributed by atoms with Gasteiger partial charge in [-0.25, -0.2) is 0 Å². The lowest BCUT2D eigenvalue weighted by Crippen LogP contribution is -2.43. The zero-order chi connectivity index (χ0) is 13.8. The first-order valence-corrected chi connectivity index (χ1v) is 7.79. The van der Waals surface area contributed by atoms with Gasteiger partial charge >= 0.3 is 0 Å². The lowest BCUT2D eigenvalue weighted by Gasteiger charge is -2.21. The number of halogens is 1. The molecule has 0 radical (unpaired) electrons. The van der Waals surface area contributed by atoms with Crippen molar-refractivity contribution in [1.29, 1.82) is 0 Å². The number of hydrogen-bond donors (Lipinski definition) is 1. The molecule has 0 aliphatic carbocycles. The lowest BCUT2D eigenvalue weighted by molar-refractivity contribution is -0.119. The molecule has 0 fully saturated rings. The highest BCUT2D eigenvalue weighted by atomic mass is 35.5. The van der Waals surface area contributed by atoms with Gasteiger partial charge in [-0.2, -0.15) is 11.8 Å². The number of methoxy groups -OCH3 is 1. The minimum Gasteiger partial charge on any atom is -0.497 e. The summed E-state index contributed by atoms with van der Waals surface area (Å²) in [6.45, 7) is 0.717. The Labute approximate surface area is 130 Å². The maximum absolute atomic E-state index is 12.3. The fraction of sp³-hybridized carbons (Fsp3) is 0.500. The second-order valence-electron chi connectivity index (χ2n) is 4.62. The van der Waals surface area contributed by atoms with Crippen LogP contribution in [0.15, 0.2) is 18.2 Å². The monoisotopic (exact) mass is 316 g/mol. The normalized spacial score (nSPS) is 14.4. The molecule has 0 saturated heterocycles. The van der Waals surface area contributed by atoms with E-state index < -0.39 is 6.04 Å². The van der Waals surface area contributed by atoms with Gasteiger partial charge in [0.15, 0.2) is 0 Å². The number of carbonyl (C=O) groups is 1. The zero-order valence-corrected chi connectivity index (χ0v) is 13.4. The van der Waals surface area contributed by atoms with Crippen LogP contribution in [0.3, 0.4) is 0 Å². The number of fused-ring (bicyclic) bond motifs is 1. The van der Waals surface area contributed by atoms with Crippen molar-refractivity contribution in [1.82, 2.24) is 0 Å². The van der Waals surface area contributed by atoms with Gasteiger partial charge in [-0.3, -0.25) is 4.79 Å². The number of benzene rings is 1. The lowest BCUT2D eigenvalue weighted by atomic mass is 10.1. The SMILES string of the molecule is COc1ccc2c(c1)CCN2C(=O)[C@@H](N)CCSC.Cl. The Kier molecular flexibility index (Phi) is 6.65. The molecule has 0 saturated carbocycles. The molecule has 4 nitrogen and oxygen atoms in total. The molecule has 1 heterocycles. The van der Waals surface area contributed by atoms with Crippen LogP contribution in [-0.4, -0.2) is 37.6 Å². The van der Waals surface area contributed by atoms with Gasteiger partial charge in [-0.05, 0) is 48.6 Å². The molecule has 2 rings (SSSR count). The Morgan fingerprint density at radius 3 is 2.95 bits per heavy atom. The Bertz CT molecular complexity index is 470. The molecule has 1 aliphatic rings. The van der Waals surface area contributed by atoms with Crippen molar-refractivity contribution in [2.75, 3.05) is 30.6 Å². The molecule has 0 unspecified atom stereocenters. The standard InChI is InChI=1S/C14H20N2O2S.ClH/c1-18-11-3-4-13-10(9-11)5-7-16(13)14(17)12(15)6-8-19-2;/h3-4,9,12H,5-8,15H2,1-2H3;1H/t12-;/m0./s1. The minimum atomic E-state index is -0.402. The third-order valence-corrected chi connectivity index (χ3v) is 4.04. The van der Waals surface area contributed by atoms with Crippen molar-refractivity contribution in [2.45, 2.75) is 18.9 Å². The number of amides is 1. The van der Waals surface area contributed by atoms with Crippen LogP contribution in [0.4, 0.5) is 5.69 Å². The van der Waals surface area contributed by atoms with E-state index in [0.717, 1.165) is 35.6 Å². The smallest absolute Gasteiger partial charge is 0.243 e. The van der Waals surface area contributed by atoms with Gasteiger partial charge < -0.3 is 15.4 Å². The predicted molar refractivity (Wildman–Crippen MR) is 87.3 cm³/mol. The van der Waals surface area contributed by atoms with E-state index in [2.05, 4.69) is 0 Å². The van der Waals surface area contributed by atoms with Crippen molar-refractivity contribution in [3.05, 3.63) is 23.8 Å². The first-order valence-electron chi connectivity index (χ1n) is 6.40. The van der Waals surface area contributed by atoms with Crippen molar-refractivity contribution in [3.8, 4) is 5.75 Å². The summed E-state index contributed by atoms with van der Waals surface area (Å²) < 4.78 is 5.20. The van der Waals surface area contributed by atoms with Crippen LogP contribution in [-0.2, 0) is 11.2 Å². The summed E-state index contributed by atoms with van der Waals surface area (Å²) in [7, 11) is 1.65. The average molecular weight is 317 g/mol. The minimum absolute atomic E-state index is 0. The van der Waals surface area contributed by atoms with Crippen LogP contribution >= 0.6 is 24.2 Å². The summed E-state index contributed by atoms with van der Waals surface area (Å²) in [5.74, 6) is 1.77. The second-order valence-corrected chi connectivity index (χ2v) is 5.61. The summed E-state index contributed by atoms with van der Waals surface area (Å²) in [6, 6.07) is 5.43. The highest BCUT2D eigenvalue weighted by Gasteiger charge is 2.28. The molecule has 112 valence electrons. The molecule has 6 heteroatoms. The number of nitrogens with two attached hydrogens (primary N) is 1. The van der Waals surface area contributed by atoms with Crippen LogP contribution in [0.5, 0.6) is 5.75 Å². The third-order valence-electron chi connectivity index (χ3n) is 3.40. The fourth-order valence-corrected chi connectivity index (χ4v) is 2.79. The molecule has 2 N–H and O–H groups in total. The largest absolute Gasteiger partial charge is 0.497 e. The summed E-state index contributed by atoms with van der Waals surface area (Å²) >= 11 is 1.71. The van der Waals surface area contributed by atoms with E-state index in [0.29, 0.717) is 6.54 Å². The zero-order valence-electron chi connectivity index (χ0n) is 11.8. The maximum atomic E-state index is 12.3. The number of anilines is 1. The van der Waals surface area contributed by atoms with Gasteiger partial charge in [0.25, 0.3) is 0 Å². The highest BCUT2D eigenvalue weighted by Crippen LogP contribution is 2.31. The van der Waals surface area contributed by atoms with E-state index in [1.165, 1.54) is 0 Å². The summed E-state index contributed by atoms with van der Waals surface area (Å²) in [5.41, 5.74) is 8.10. The van der Waals surface area contributed by atoms with Gasteiger partial charge in [0.2, 0.25) is 5.91 Å². The van der Waals surface area contributed by atoms with E-state index in [1.807, 2.05) is 24.5 Å². The number of nitrogens with zero attached hydrogens (tertiary/aromatic N) is 1. The summed E-state index contributed by atoms with van der Waals surface area (Å²) in [4.78, 5) is 14.1. The Balaban J connectivity index is 0.00000200. The van der Waals surface area contributed by atoms with Crippen LogP contribution in [0.1, 0.15) is 12.0 Å². The predicted octanol–water partition coefficient (Wildman–Crippen LogP) is 2.09. The first kappa shape index (κ1) is 17.1. The second kappa shape index (κ2) is 7.76. The van der Waals surface area contributed by atoms with Crippen molar-refractivity contribution in [2.24, 2.45) is 5.73 Å². The van der Waals surface area contributed by atoms with E-state index in [-0.39, 0.29) is 18.3 Å². The van der Waals surface area contributed by atoms with Gasteiger partial charge in [-0.1, -0.05) is 0 Å². The number of ether oxygens (including phenoxy) is 1. The fourth-order valence-electron chi connectivity index (χ4n) is 2.30. The van der Waals surface area contributed by atoms with E-state index >= 15 is 0 Å². The van der Waals surface area contributed by atoms with Gasteiger partial charge in [0, 0.05) is 12.2 Å². The Hall–Kier alpha value is -0.910.